The molecule has 1 fully saturated rings. The van der Waals surface area contributed by atoms with Gasteiger partial charge in [-0.05, 0) is 37.0 Å². The normalized spacial score (nSPS) is 20.5. The third-order valence-corrected chi connectivity index (χ3v) is 4.56. The van der Waals surface area contributed by atoms with Gasteiger partial charge < -0.3 is 21.5 Å². The summed E-state index contributed by atoms with van der Waals surface area (Å²) in [4.78, 5) is 11.4. The minimum absolute atomic E-state index is 0.0409. The van der Waals surface area contributed by atoms with Crippen LogP contribution in [-0.2, 0) is 11.2 Å². The Morgan fingerprint density at radius 3 is 2.76 bits per heavy atom. The van der Waals surface area contributed by atoms with Crippen molar-refractivity contribution >= 4 is 23.0 Å². The van der Waals surface area contributed by atoms with Crippen LogP contribution >= 0.6 is 0 Å². The second kappa shape index (κ2) is 5.56. The number of anilines is 3. The first kappa shape index (κ1) is 14.2. The van der Waals surface area contributed by atoms with Crippen LogP contribution in [0.4, 0.5) is 17.1 Å². The van der Waals surface area contributed by atoms with Crippen LogP contribution in [0.15, 0.2) is 12.1 Å². The lowest BCUT2D eigenvalue weighted by molar-refractivity contribution is -0.116. The van der Waals surface area contributed by atoms with Gasteiger partial charge in [0.1, 0.15) is 0 Å². The highest BCUT2D eigenvalue weighted by molar-refractivity contribution is 5.95. The van der Waals surface area contributed by atoms with Gasteiger partial charge in [-0.3, -0.25) is 4.79 Å². The van der Waals surface area contributed by atoms with E-state index in [4.69, 9.17) is 5.73 Å². The summed E-state index contributed by atoms with van der Waals surface area (Å²) in [7, 11) is 0. The zero-order valence-electron chi connectivity index (χ0n) is 12.2. The number of amides is 1. The first-order valence-corrected chi connectivity index (χ1v) is 7.74. The molecule has 0 atom stereocenters. The van der Waals surface area contributed by atoms with Crippen LogP contribution in [0.1, 0.15) is 44.1 Å². The lowest BCUT2D eigenvalue weighted by Crippen LogP contribution is -2.38. The molecule has 0 spiro atoms. The summed E-state index contributed by atoms with van der Waals surface area (Å²) in [5, 5.41) is 16.7. The molecule has 21 heavy (non-hydrogen) atoms. The molecule has 1 saturated carbocycles. The summed E-state index contributed by atoms with van der Waals surface area (Å²) < 4.78 is 0. The quantitative estimate of drug-likeness (QED) is 0.643. The summed E-state index contributed by atoms with van der Waals surface area (Å²) in [6.07, 6.45) is 6.33. The fourth-order valence-electron chi connectivity index (χ4n) is 3.24. The summed E-state index contributed by atoms with van der Waals surface area (Å²) in [5.41, 5.74) is 8.80. The molecule has 5 nitrogen and oxygen atoms in total. The van der Waals surface area contributed by atoms with Crippen LogP contribution in [0.25, 0.3) is 0 Å². The minimum atomic E-state index is -0.616. The van der Waals surface area contributed by atoms with Gasteiger partial charge in [0.15, 0.2) is 0 Å². The topological polar surface area (TPSA) is 87.4 Å². The second-order valence-electron chi connectivity index (χ2n) is 6.28. The second-order valence-corrected chi connectivity index (χ2v) is 6.28. The zero-order chi connectivity index (χ0) is 14.9. The maximum atomic E-state index is 11.4. The third kappa shape index (κ3) is 3.13. The van der Waals surface area contributed by atoms with E-state index >= 15 is 0 Å². The van der Waals surface area contributed by atoms with Gasteiger partial charge in [0.25, 0.3) is 0 Å². The number of hydrogen-bond acceptors (Lipinski definition) is 4. The van der Waals surface area contributed by atoms with Crippen LogP contribution in [0.5, 0.6) is 0 Å². The number of aliphatic hydroxyl groups is 1. The van der Waals surface area contributed by atoms with E-state index < -0.39 is 5.60 Å². The Labute approximate surface area is 124 Å². The van der Waals surface area contributed by atoms with Gasteiger partial charge in [0.2, 0.25) is 5.91 Å². The molecule has 0 saturated heterocycles. The molecule has 0 unspecified atom stereocenters. The number of aryl methyl sites for hydroxylation is 1. The first-order valence-electron chi connectivity index (χ1n) is 7.74. The molecule has 1 aromatic rings. The Hall–Kier alpha value is -1.75. The number of carbonyl (C=O) groups is 1. The molecule has 2 aliphatic rings. The number of nitrogen functional groups attached to an aromatic ring is 1. The fraction of sp³-hybridized carbons (Fsp3) is 0.562. The highest BCUT2D eigenvalue weighted by Gasteiger charge is 2.29. The van der Waals surface area contributed by atoms with Crippen molar-refractivity contribution in [3.05, 3.63) is 17.7 Å². The van der Waals surface area contributed by atoms with Gasteiger partial charge >= 0.3 is 0 Å². The summed E-state index contributed by atoms with van der Waals surface area (Å²) >= 11 is 0. The smallest absolute Gasteiger partial charge is 0.224 e. The molecule has 5 N–H and O–H groups in total. The van der Waals surface area contributed by atoms with Crippen molar-refractivity contribution in [1.82, 2.24) is 0 Å². The van der Waals surface area contributed by atoms with Crippen molar-refractivity contribution < 1.29 is 9.90 Å². The number of nitrogens with two attached hydrogens (primary N) is 1. The Balaban J connectivity index is 1.72. The molecular formula is C16H23N3O2. The molecule has 1 aliphatic carbocycles. The predicted octanol–water partition coefficient (Wildman–Crippen LogP) is 2.26. The molecule has 5 heteroatoms. The summed E-state index contributed by atoms with van der Waals surface area (Å²) in [5.74, 6) is 0.0409. The molecule has 0 bridgehead atoms. The predicted molar refractivity (Wildman–Crippen MR) is 84.3 cm³/mol. The Morgan fingerprint density at radius 1 is 1.24 bits per heavy atom. The van der Waals surface area contributed by atoms with Crippen molar-refractivity contribution in [2.75, 3.05) is 22.9 Å². The molecule has 1 aliphatic heterocycles. The Bertz CT molecular complexity index is 551. The van der Waals surface area contributed by atoms with Gasteiger partial charge in [0.05, 0.1) is 17.0 Å². The van der Waals surface area contributed by atoms with E-state index in [1.165, 1.54) is 6.42 Å². The molecule has 1 heterocycles. The molecule has 0 aromatic heterocycles. The van der Waals surface area contributed by atoms with Crippen LogP contribution in [0.2, 0.25) is 0 Å². The third-order valence-electron chi connectivity index (χ3n) is 4.56. The van der Waals surface area contributed by atoms with Gasteiger partial charge in [-0.15, -0.1) is 0 Å². The molecule has 3 rings (SSSR count). The monoisotopic (exact) mass is 289 g/mol. The van der Waals surface area contributed by atoms with Crippen molar-refractivity contribution in [3.63, 3.8) is 0 Å². The molecule has 1 aromatic carbocycles. The lowest BCUT2D eigenvalue weighted by atomic mass is 9.85. The Morgan fingerprint density at radius 2 is 2.00 bits per heavy atom. The van der Waals surface area contributed by atoms with Gasteiger partial charge in [-0.25, -0.2) is 0 Å². The highest BCUT2D eigenvalue weighted by atomic mass is 16.3. The average Bonchev–Trinajstić information content (AvgIpc) is 2.46. The largest absolute Gasteiger partial charge is 0.397 e. The molecule has 1 amide bonds. The van der Waals surface area contributed by atoms with Crippen LogP contribution < -0.4 is 16.4 Å². The van der Waals surface area contributed by atoms with Gasteiger partial charge in [0, 0.05) is 18.7 Å². The molecule has 114 valence electrons. The molecular weight excluding hydrogens is 266 g/mol. The first-order chi connectivity index (χ1) is 10.1. The zero-order valence-corrected chi connectivity index (χ0v) is 12.2. The van der Waals surface area contributed by atoms with E-state index in [2.05, 4.69) is 10.6 Å². The van der Waals surface area contributed by atoms with E-state index in [1.54, 1.807) is 6.07 Å². The van der Waals surface area contributed by atoms with E-state index in [0.717, 1.165) is 49.0 Å². The number of benzene rings is 1. The number of carbonyl (C=O) groups excluding carboxylic acids is 1. The number of rotatable bonds is 3. The standard InChI is InChI=1S/C16H23N3O2/c17-12-9-13-11(4-5-15(20)19-13)8-14(12)18-10-16(21)6-2-1-3-7-16/h8-9,18,21H,1-7,10,17H2,(H,19,20). The summed E-state index contributed by atoms with van der Waals surface area (Å²) in [6, 6.07) is 3.80. The number of hydrogen-bond donors (Lipinski definition) is 4. The SMILES string of the molecule is Nc1cc2c(cc1NCC1(O)CCCCC1)CCC(=O)N2. The van der Waals surface area contributed by atoms with E-state index in [9.17, 15) is 9.90 Å². The highest BCUT2D eigenvalue weighted by Crippen LogP contribution is 2.33. The van der Waals surface area contributed by atoms with Crippen molar-refractivity contribution in [2.24, 2.45) is 0 Å². The maximum absolute atomic E-state index is 11.4. The van der Waals surface area contributed by atoms with Crippen LogP contribution in [0.3, 0.4) is 0 Å². The minimum Gasteiger partial charge on any atom is -0.397 e. The number of nitrogens with one attached hydrogen (secondary N) is 2. The van der Waals surface area contributed by atoms with E-state index in [-0.39, 0.29) is 5.91 Å². The van der Waals surface area contributed by atoms with Crippen molar-refractivity contribution in [1.29, 1.82) is 0 Å². The molecule has 0 radical (unpaired) electrons. The van der Waals surface area contributed by atoms with Crippen molar-refractivity contribution in [3.8, 4) is 0 Å². The van der Waals surface area contributed by atoms with Crippen molar-refractivity contribution in [2.45, 2.75) is 50.5 Å². The van der Waals surface area contributed by atoms with Crippen LogP contribution in [0, 0.1) is 0 Å². The van der Waals surface area contributed by atoms with Gasteiger partial charge in [-0.1, -0.05) is 19.3 Å². The van der Waals surface area contributed by atoms with E-state index in [1.807, 2.05) is 6.07 Å². The fourth-order valence-corrected chi connectivity index (χ4v) is 3.24. The number of fused-ring (bicyclic) bond motifs is 1. The summed E-state index contributed by atoms with van der Waals surface area (Å²) in [6.45, 7) is 0.530. The average molecular weight is 289 g/mol. The lowest BCUT2D eigenvalue weighted by Gasteiger charge is -2.33. The van der Waals surface area contributed by atoms with Crippen LogP contribution in [-0.4, -0.2) is 23.2 Å². The maximum Gasteiger partial charge on any atom is 0.224 e. The Kier molecular flexibility index (Phi) is 3.76. The van der Waals surface area contributed by atoms with Gasteiger partial charge in [-0.2, -0.15) is 0 Å². The van der Waals surface area contributed by atoms with E-state index in [0.29, 0.717) is 18.7 Å².